The van der Waals surface area contributed by atoms with Gasteiger partial charge in [0, 0.05) is 7.05 Å². The smallest absolute Gasteiger partial charge is 0.406 e. The second-order valence-corrected chi connectivity index (χ2v) is 2.89. The highest BCUT2D eigenvalue weighted by Gasteiger charge is 2.05. The van der Waals surface area contributed by atoms with E-state index in [0.29, 0.717) is 5.56 Å². The molecule has 0 aliphatic rings. The van der Waals surface area contributed by atoms with Crippen LogP contribution in [-0.4, -0.2) is 32.3 Å². The van der Waals surface area contributed by atoms with Crippen molar-refractivity contribution in [3.8, 4) is 0 Å². The van der Waals surface area contributed by atoms with Crippen LogP contribution in [0.4, 0.5) is 4.79 Å². The van der Waals surface area contributed by atoms with Crippen molar-refractivity contribution in [1.82, 2.24) is 5.32 Å². The van der Waals surface area contributed by atoms with E-state index in [1.807, 2.05) is 6.07 Å². The maximum absolute atomic E-state index is 11.4. The fourth-order valence-corrected chi connectivity index (χ4v) is 0.998. The molecule has 16 heavy (non-hydrogen) atoms. The van der Waals surface area contributed by atoms with Gasteiger partial charge in [0.1, 0.15) is 13.2 Å². The van der Waals surface area contributed by atoms with Gasteiger partial charge in [-0.15, -0.1) is 0 Å². The normalized spacial score (nSPS) is 9.31. The van der Waals surface area contributed by atoms with Crippen molar-refractivity contribution < 1.29 is 19.1 Å². The van der Waals surface area contributed by atoms with Gasteiger partial charge in [0.15, 0.2) is 0 Å². The monoisotopic (exact) mass is 223 g/mol. The van der Waals surface area contributed by atoms with Crippen molar-refractivity contribution in [2.45, 2.75) is 0 Å². The fourth-order valence-electron chi connectivity index (χ4n) is 0.998. The molecule has 0 aliphatic carbocycles. The van der Waals surface area contributed by atoms with Gasteiger partial charge in [0.25, 0.3) is 0 Å². The lowest BCUT2D eigenvalue weighted by atomic mass is 10.2. The van der Waals surface area contributed by atoms with Crippen molar-refractivity contribution in [3.05, 3.63) is 35.9 Å². The van der Waals surface area contributed by atoms with Crippen LogP contribution in [0.3, 0.4) is 0 Å². The molecule has 0 aliphatic heterocycles. The van der Waals surface area contributed by atoms with Crippen molar-refractivity contribution in [2.24, 2.45) is 0 Å². The first kappa shape index (κ1) is 12.0. The van der Waals surface area contributed by atoms with Crippen LogP contribution in [0.5, 0.6) is 0 Å². The molecule has 0 fully saturated rings. The number of hydrogen-bond acceptors (Lipinski definition) is 4. The minimum Gasteiger partial charge on any atom is -0.458 e. The van der Waals surface area contributed by atoms with Crippen LogP contribution in [0.25, 0.3) is 0 Å². The summed E-state index contributed by atoms with van der Waals surface area (Å²) >= 11 is 0. The third-order valence-electron chi connectivity index (χ3n) is 1.76. The van der Waals surface area contributed by atoms with Gasteiger partial charge in [-0.05, 0) is 12.1 Å². The number of hydrogen-bond donors (Lipinski definition) is 1. The molecule has 0 radical (unpaired) electrons. The van der Waals surface area contributed by atoms with E-state index >= 15 is 0 Å². The summed E-state index contributed by atoms with van der Waals surface area (Å²) in [6.45, 7) is 0.0827. The third-order valence-corrected chi connectivity index (χ3v) is 1.76. The molecular formula is C11H13NO4. The molecule has 0 bridgehead atoms. The molecule has 0 saturated carbocycles. The Morgan fingerprint density at radius 1 is 1.12 bits per heavy atom. The van der Waals surface area contributed by atoms with Crippen LogP contribution < -0.4 is 5.32 Å². The van der Waals surface area contributed by atoms with Gasteiger partial charge in [-0.25, -0.2) is 9.59 Å². The predicted octanol–water partition coefficient (Wildman–Crippen LogP) is 1.20. The summed E-state index contributed by atoms with van der Waals surface area (Å²) in [7, 11) is 1.46. The van der Waals surface area contributed by atoms with Crippen LogP contribution in [0.2, 0.25) is 0 Å². The number of alkyl carbamates (subject to hydrolysis) is 1. The second kappa shape index (κ2) is 6.44. The number of rotatable bonds is 4. The Bertz CT molecular complexity index is 350. The summed E-state index contributed by atoms with van der Waals surface area (Å²) < 4.78 is 9.53. The first-order chi connectivity index (χ1) is 7.74. The number of esters is 1. The zero-order valence-electron chi connectivity index (χ0n) is 8.93. The average Bonchev–Trinajstić information content (AvgIpc) is 2.35. The quantitative estimate of drug-likeness (QED) is 0.615. The van der Waals surface area contributed by atoms with E-state index in [2.05, 4.69) is 10.1 Å². The Kier molecular flexibility index (Phi) is 4.85. The SMILES string of the molecule is CNC(=O)OCCOC(=O)c1ccccc1. The molecule has 0 aromatic heterocycles. The molecule has 0 spiro atoms. The Morgan fingerprint density at radius 2 is 1.75 bits per heavy atom. The number of carbonyl (C=O) groups excluding carboxylic acids is 2. The summed E-state index contributed by atoms with van der Waals surface area (Å²) in [4.78, 5) is 22.0. The Morgan fingerprint density at radius 3 is 2.38 bits per heavy atom. The molecule has 1 aromatic carbocycles. The Balaban J connectivity index is 2.24. The Hall–Kier alpha value is -2.04. The van der Waals surface area contributed by atoms with Crippen molar-refractivity contribution in [2.75, 3.05) is 20.3 Å². The first-order valence-corrected chi connectivity index (χ1v) is 4.80. The summed E-state index contributed by atoms with van der Waals surface area (Å²) in [6.07, 6.45) is -0.546. The highest BCUT2D eigenvalue weighted by molar-refractivity contribution is 5.89. The number of amides is 1. The average molecular weight is 223 g/mol. The fraction of sp³-hybridized carbons (Fsp3) is 0.273. The summed E-state index contributed by atoms with van der Waals surface area (Å²) in [5.74, 6) is -0.430. The molecule has 1 amide bonds. The van der Waals surface area contributed by atoms with E-state index < -0.39 is 12.1 Å². The van der Waals surface area contributed by atoms with E-state index in [1.54, 1.807) is 24.3 Å². The van der Waals surface area contributed by atoms with Crippen LogP contribution in [0, 0.1) is 0 Å². The molecule has 1 rings (SSSR count). The lowest BCUT2D eigenvalue weighted by Gasteiger charge is -2.05. The van der Waals surface area contributed by atoms with E-state index in [-0.39, 0.29) is 13.2 Å². The lowest BCUT2D eigenvalue weighted by molar-refractivity contribution is 0.0402. The standard InChI is InChI=1S/C11H13NO4/c1-12-11(14)16-8-7-15-10(13)9-5-3-2-4-6-9/h2-6H,7-8H2,1H3,(H,12,14). The van der Waals surface area contributed by atoms with Crippen LogP contribution >= 0.6 is 0 Å². The molecule has 0 atom stereocenters. The van der Waals surface area contributed by atoms with Gasteiger partial charge in [-0.2, -0.15) is 0 Å². The van der Waals surface area contributed by atoms with Gasteiger partial charge < -0.3 is 14.8 Å². The minimum absolute atomic E-state index is 0.0399. The topological polar surface area (TPSA) is 64.6 Å². The number of carbonyl (C=O) groups is 2. The van der Waals surface area contributed by atoms with E-state index in [1.165, 1.54) is 7.05 Å². The summed E-state index contributed by atoms with van der Waals surface area (Å²) in [6, 6.07) is 8.62. The van der Waals surface area contributed by atoms with Crippen LogP contribution in [0.1, 0.15) is 10.4 Å². The van der Waals surface area contributed by atoms with E-state index in [4.69, 9.17) is 4.74 Å². The molecule has 5 heteroatoms. The largest absolute Gasteiger partial charge is 0.458 e. The third kappa shape index (κ3) is 4.00. The van der Waals surface area contributed by atoms with Crippen molar-refractivity contribution in [3.63, 3.8) is 0 Å². The van der Waals surface area contributed by atoms with Crippen LogP contribution in [-0.2, 0) is 9.47 Å². The molecule has 0 unspecified atom stereocenters. The zero-order valence-corrected chi connectivity index (χ0v) is 8.93. The zero-order chi connectivity index (χ0) is 11.8. The molecule has 0 saturated heterocycles. The maximum Gasteiger partial charge on any atom is 0.406 e. The number of ether oxygens (including phenoxy) is 2. The van der Waals surface area contributed by atoms with Gasteiger partial charge in [-0.3, -0.25) is 0 Å². The summed E-state index contributed by atoms with van der Waals surface area (Å²) in [5, 5.41) is 2.28. The lowest BCUT2D eigenvalue weighted by Crippen LogP contribution is -2.22. The van der Waals surface area contributed by atoms with E-state index in [9.17, 15) is 9.59 Å². The van der Waals surface area contributed by atoms with Crippen LogP contribution in [0.15, 0.2) is 30.3 Å². The number of nitrogens with one attached hydrogen (secondary N) is 1. The highest BCUT2D eigenvalue weighted by atomic mass is 16.6. The molecule has 1 N–H and O–H groups in total. The van der Waals surface area contributed by atoms with Gasteiger partial charge in [0.2, 0.25) is 0 Å². The van der Waals surface area contributed by atoms with Gasteiger partial charge in [-0.1, -0.05) is 18.2 Å². The summed E-state index contributed by atoms with van der Waals surface area (Å²) in [5.41, 5.74) is 0.474. The van der Waals surface area contributed by atoms with Crippen molar-refractivity contribution >= 4 is 12.1 Å². The number of benzene rings is 1. The van der Waals surface area contributed by atoms with Gasteiger partial charge in [0.05, 0.1) is 5.56 Å². The molecule has 86 valence electrons. The second-order valence-electron chi connectivity index (χ2n) is 2.89. The minimum atomic E-state index is -0.546. The van der Waals surface area contributed by atoms with E-state index in [0.717, 1.165) is 0 Å². The van der Waals surface area contributed by atoms with Crippen molar-refractivity contribution in [1.29, 1.82) is 0 Å². The maximum atomic E-state index is 11.4. The molecule has 5 nitrogen and oxygen atoms in total. The van der Waals surface area contributed by atoms with Gasteiger partial charge >= 0.3 is 12.1 Å². The molecule has 1 aromatic rings. The highest BCUT2D eigenvalue weighted by Crippen LogP contribution is 2.00. The first-order valence-electron chi connectivity index (χ1n) is 4.80. The molecular weight excluding hydrogens is 210 g/mol. The Labute approximate surface area is 93.4 Å². The predicted molar refractivity (Wildman–Crippen MR) is 57.1 cm³/mol. The molecule has 0 heterocycles.